The van der Waals surface area contributed by atoms with E-state index in [0.29, 0.717) is 12.1 Å². The second-order valence-electron chi connectivity index (χ2n) is 7.08. The number of nitriles is 1. The summed E-state index contributed by atoms with van der Waals surface area (Å²) in [6.45, 7) is 3.80. The normalized spacial score (nSPS) is 41.3. The summed E-state index contributed by atoms with van der Waals surface area (Å²) in [4.78, 5) is 2.59. The fourth-order valence-corrected chi connectivity index (χ4v) is 4.50. The highest BCUT2D eigenvalue weighted by Crippen LogP contribution is 2.44. The Bertz CT molecular complexity index is 533. The van der Waals surface area contributed by atoms with Crippen LogP contribution in [0.4, 0.5) is 0 Å². The number of benzene rings is 1. The van der Waals surface area contributed by atoms with Crippen molar-refractivity contribution >= 4 is 0 Å². The molecule has 0 aromatic heterocycles. The predicted octanol–water partition coefficient (Wildman–Crippen LogP) is 2.29. The van der Waals surface area contributed by atoms with Gasteiger partial charge in [-0.2, -0.15) is 5.26 Å². The molecule has 2 bridgehead atoms. The summed E-state index contributed by atoms with van der Waals surface area (Å²) in [5, 5.41) is 13.5. The van der Waals surface area contributed by atoms with Crippen LogP contribution < -0.4 is 5.32 Å². The average Bonchev–Trinajstić information content (AvgIpc) is 2.52. The molecule has 0 amide bonds. The maximum Gasteiger partial charge on any atom is 0.0852 e. The smallest absolute Gasteiger partial charge is 0.0852 e. The average molecular weight is 281 g/mol. The van der Waals surface area contributed by atoms with Crippen molar-refractivity contribution in [3.8, 4) is 6.07 Å². The molecule has 1 saturated carbocycles. The SMILES string of the molecule is N#CC1(c2ccccc2)CC(NC2CN3CCC2CC3)C1. The molecule has 1 atom stereocenters. The van der Waals surface area contributed by atoms with Crippen LogP contribution >= 0.6 is 0 Å². The molecule has 21 heavy (non-hydrogen) atoms. The van der Waals surface area contributed by atoms with Crippen LogP contribution in [0, 0.1) is 17.2 Å². The predicted molar refractivity (Wildman–Crippen MR) is 82.8 cm³/mol. The molecule has 3 aliphatic heterocycles. The quantitative estimate of drug-likeness (QED) is 0.924. The Hall–Kier alpha value is -1.37. The minimum Gasteiger partial charge on any atom is -0.310 e. The first-order valence-corrected chi connectivity index (χ1v) is 8.24. The molecule has 1 unspecified atom stereocenters. The Balaban J connectivity index is 1.39. The van der Waals surface area contributed by atoms with E-state index in [9.17, 15) is 5.26 Å². The summed E-state index contributed by atoms with van der Waals surface area (Å²) >= 11 is 0. The summed E-state index contributed by atoms with van der Waals surface area (Å²) in [6.07, 6.45) is 4.65. The molecule has 1 aromatic carbocycles. The maximum atomic E-state index is 9.63. The van der Waals surface area contributed by atoms with E-state index in [1.54, 1.807) is 0 Å². The maximum absolute atomic E-state index is 9.63. The van der Waals surface area contributed by atoms with Gasteiger partial charge in [0, 0.05) is 18.6 Å². The third-order valence-electron chi connectivity index (χ3n) is 5.84. The first kappa shape index (κ1) is 13.3. The molecule has 1 aliphatic carbocycles. The zero-order valence-corrected chi connectivity index (χ0v) is 12.5. The lowest BCUT2D eigenvalue weighted by molar-refractivity contribution is 0.0539. The Morgan fingerprint density at radius 2 is 1.86 bits per heavy atom. The molecule has 3 nitrogen and oxygen atoms in total. The first-order valence-electron chi connectivity index (χ1n) is 8.24. The van der Waals surface area contributed by atoms with Crippen molar-refractivity contribution in [1.82, 2.24) is 10.2 Å². The summed E-state index contributed by atoms with van der Waals surface area (Å²) in [5.74, 6) is 0.865. The number of hydrogen-bond donors (Lipinski definition) is 1. The van der Waals surface area contributed by atoms with Crippen LogP contribution in [0.1, 0.15) is 31.2 Å². The largest absolute Gasteiger partial charge is 0.310 e. The first-order chi connectivity index (χ1) is 10.3. The summed E-state index contributed by atoms with van der Waals surface area (Å²) in [7, 11) is 0. The molecule has 5 rings (SSSR count). The number of hydrogen-bond acceptors (Lipinski definition) is 3. The third-order valence-corrected chi connectivity index (χ3v) is 5.84. The van der Waals surface area contributed by atoms with Gasteiger partial charge in [-0.25, -0.2) is 0 Å². The summed E-state index contributed by atoms with van der Waals surface area (Å²) in [6, 6.07) is 14.1. The van der Waals surface area contributed by atoms with Gasteiger partial charge in [-0.3, -0.25) is 0 Å². The Labute approximate surface area is 126 Å². The standard InChI is InChI=1S/C18H23N3/c19-13-18(15-4-2-1-3-5-15)10-16(11-18)20-17-12-21-8-6-14(17)7-9-21/h1-5,14,16-17,20H,6-12H2. The number of fused-ring (bicyclic) bond motifs is 3. The van der Waals surface area contributed by atoms with Crippen molar-refractivity contribution in [1.29, 1.82) is 5.26 Å². The molecule has 3 heterocycles. The van der Waals surface area contributed by atoms with Crippen LogP contribution in [-0.2, 0) is 5.41 Å². The third kappa shape index (κ3) is 2.27. The van der Waals surface area contributed by atoms with Crippen LogP contribution in [0.2, 0.25) is 0 Å². The van der Waals surface area contributed by atoms with Gasteiger partial charge in [-0.1, -0.05) is 30.3 Å². The van der Waals surface area contributed by atoms with Crippen LogP contribution in [0.25, 0.3) is 0 Å². The van der Waals surface area contributed by atoms with Crippen molar-refractivity contribution in [2.75, 3.05) is 19.6 Å². The number of piperidine rings is 3. The molecular weight excluding hydrogens is 258 g/mol. The molecular formula is C18H23N3. The van der Waals surface area contributed by atoms with Gasteiger partial charge in [-0.05, 0) is 50.3 Å². The fraction of sp³-hybridized carbons (Fsp3) is 0.611. The molecule has 4 fully saturated rings. The van der Waals surface area contributed by atoms with Gasteiger partial charge in [0.25, 0.3) is 0 Å². The molecule has 110 valence electrons. The van der Waals surface area contributed by atoms with Crippen LogP contribution in [0.3, 0.4) is 0 Å². The lowest BCUT2D eigenvalue weighted by atomic mass is 9.62. The van der Waals surface area contributed by atoms with E-state index in [4.69, 9.17) is 0 Å². The lowest BCUT2D eigenvalue weighted by Gasteiger charge is -2.50. The van der Waals surface area contributed by atoms with Crippen LogP contribution in [0.5, 0.6) is 0 Å². The molecule has 3 saturated heterocycles. The Kier molecular flexibility index (Phi) is 3.24. The second kappa shape index (κ2) is 5.12. The minimum atomic E-state index is -0.243. The molecule has 4 aliphatic rings. The summed E-state index contributed by atoms with van der Waals surface area (Å²) in [5.41, 5.74) is 0.951. The van der Waals surface area contributed by atoms with Gasteiger partial charge in [0.05, 0.1) is 11.5 Å². The topological polar surface area (TPSA) is 39.1 Å². The van der Waals surface area contributed by atoms with E-state index in [-0.39, 0.29) is 5.41 Å². The monoisotopic (exact) mass is 281 g/mol. The van der Waals surface area contributed by atoms with Crippen LogP contribution in [0.15, 0.2) is 30.3 Å². The highest BCUT2D eigenvalue weighted by atomic mass is 15.2. The highest BCUT2D eigenvalue weighted by molar-refractivity contribution is 5.37. The Morgan fingerprint density at radius 1 is 1.14 bits per heavy atom. The number of nitrogens with zero attached hydrogens (tertiary/aromatic N) is 2. The van der Waals surface area contributed by atoms with E-state index in [0.717, 1.165) is 18.8 Å². The van der Waals surface area contributed by atoms with Crippen molar-refractivity contribution in [3.05, 3.63) is 35.9 Å². The van der Waals surface area contributed by atoms with E-state index < -0.39 is 0 Å². The van der Waals surface area contributed by atoms with E-state index in [1.165, 1.54) is 38.0 Å². The van der Waals surface area contributed by atoms with Gasteiger partial charge < -0.3 is 10.2 Å². The van der Waals surface area contributed by atoms with Gasteiger partial charge in [-0.15, -0.1) is 0 Å². The number of rotatable bonds is 3. The minimum absolute atomic E-state index is 0.243. The van der Waals surface area contributed by atoms with Crippen molar-refractivity contribution < 1.29 is 0 Å². The summed E-state index contributed by atoms with van der Waals surface area (Å²) < 4.78 is 0. The second-order valence-corrected chi connectivity index (χ2v) is 7.08. The van der Waals surface area contributed by atoms with Gasteiger partial charge in [0.15, 0.2) is 0 Å². The van der Waals surface area contributed by atoms with E-state index in [1.807, 2.05) is 18.2 Å². The lowest BCUT2D eigenvalue weighted by Crippen LogP contribution is -2.61. The van der Waals surface area contributed by atoms with Gasteiger partial charge in [0.1, 0.15) is 0 Å². The van der Waals surface area contributed by atoms with Gasteiger partial charge in [0.2, 0.25) is 0 Å². The molecule has 1 N–H and O–H groups in total. The number of nitrogens with one attached hydrogen (secondary N) is 1. The van der Waals surface area contributed by atoms with Crippen molar-refractivity contribution in [3.63, 3.8) is 0 Å². The molecule has 0 spiro atoms. The highest BCUT2D eigenvalue weighted by Gasteiger charge is 2.47. The Morgan fingerprint density at radius 3 is 2.43 bits per heavy atom. The van der Waals surface area contributed by atoms with Crippen molar-refractivity contribution in [2.24, 2.45) is 5.92 Å². The van der Waals surface area contributed by atoms with E-state index >= 15 is 0 Å². The zero-order valence-electron chi connectivity index (χ0n) is 12.5. The molecule has 1 aromatic rings. The van der Waals surface area contributed by atoms with E-state index in [2.05, 4.69) is 28.4 Å². The van der Waals surface area contributed by atoms with Crippen LogP contribution in [-0.4, -0.2) is 36.6 Å². The molecule has 0 radical (unpaired) electrons. The molecule has 3 heteroatoms. The van der Waals surface area contributed by atoms with Crippen molar-refractivity contribution in [2.45, 2.75) is 43.2 Å². The zero-order chi connectivity index (χ0) is 14.3. The fourth-order valence-electron chi connectivity index (χ4n) is 4.50. The van der Waals surface area contributed by atoms with Gasteiger partial charge >= 0.3 is 0 Å².